The number of hydrogen-bond donors (Lipinski definition) is 0. The van der Waals surface area contributed by atoms with Crippen LogP contribution in [0.15, 0.2) is 18.3 Å². The molecule has 0 saturated carbocycles. The summed E-state index contributed by atoms with van der Waals surface area (Å²) < 4.78 is 0. The van der Waals surface area contributed by atoms with Crippen LogP contribution in [0.5, 0.6) is 0 Å². The van der Waals surface area contributed by atoms with Gasteiger partial charge in [-0.2, -0.15) is 0 Å². The first-order valence-corrected chi connectivity index (χ1v) is 5.49. The number of hydrogen-bond acceptors (Lipinski definition) is 2. The van der Waals surface area contributed by atoms with E-state index >= 15 is 0 Å². The molecule has 0 amide bonds. The summed E-state index contributed by atoms with van der Waals surface area (Å²) in [5.41, 5.74) is 2.39. The van der Waals surface area contributed by atoms with Gasteiger partial charge in [-0.15, -0.1) is 0 Å². The van der Waals surface area contributed by atoms with Crippen LogP contribution in [0, 0.1) is 6.92 Å². The Kier molecular flexibility index (Phi) is 2.54. The molecule has 1 aliphatic rings. The van der Waals surface area contributed by atoms with Crippen LogP contribution in [-0.4, -0.2) is 22.9 Å². The zero-order valence-corrected chi connectivity index (χ0v) is 9.29. The van der Waals surface area contributed by atoms with Crippen LogP contribution in [-0.2, 0) is 0 Å². The Balaban J connectivity index is 2.16. The van der Waals surface area contributed by atoms with Crippen molar-refractivity contribution in [1.29, 1.82) is 0 Å². The summed E-state index contributed by atoms with van der Waals surface area (Å²) in [5.74, 6) is 0. The van der Waals surface area contributed by atoms with E-state index in [1.54, 1.807) is 0 Å². The van der Waals surface area contributed by atoms with Gasteiger partial charge in [0.15, 0.2) is 0 Å². The van der Waals surface area contributed by atoms with Crippen LogP contribution >= 0.6 is 15.9 Å². The number of aromatic nitrogens is 1. The van der Waals surface area contributed by atoms with Gasteiger partial charge in [0.05, 0.1) is 0 Å². The van der Waals surface area contributed by atoms with Crippen molar-refractivity contribution in [3.63, 3.8) is 0 Å². The van der Waals surface area contributed by atoms with E-state index in [0.717, 1.165) is 18.8 Å². The molecule has 1 unspecified atom stereocenters. The van der Waals surface area contributed by atoms with E-state index in [0.29, 0.717) is 4.83 Å². The molecule has 1 saturated heterocycles. The van der Waals surface area contributed by atoms with E-state index in [1.165, 1.54) is 12.1 Å². The van der Waals surface area contributed by atoms with E-state index in [2.05, 4.69) is 37.9 Å². The van der Waals surface area contributed by atoms with Gasteiger partial charge in [-0.25, -0.2) is 0 Å². The summed E-state index contributed by atoms with van der Waals surface area (Å²) in [5, 5.41) is 0. The molecule has 2 nitrogen and oxygen atoms in total. The Labute approximate surface area is 87.1 Å². The molecule has 1 aromatic heterocycles. The van der Waals surface area contributed by atoms with Crippen molar-refractivity contribution in [1.82, 2.24) is 4.98 Å². The Hall–Kier alpha value is -0.570. The van der Waals surface area contributed by atoms with Crippen LogP contribution in [0.3, 0.4) is 0 Å². The van der Waals surface area contributed by atoms with Gasteiger partial charge in [-0.3, -0.25) is 4.98 Å². The van der Waals surface area contributed by atoms with Crippen LogP contribution < -0.4 is 4.90 Å². The molecule has 1 aliphatic heterocycles. The average molecular weight is 241 g/mol. The van der Waals surface area contributed by atoms with Gasteiger partial charge in [-0.05, 0) is 25.5 Å². The minimum absolute atomic E-state index is 0.654. The lowest BCUT2D eigenvalue weighted by atomic mass is 10.3. The SMILES string of the molecule is Cc1cc(N2CCC(Br)C2)ccn1. The van der Waals surface area contributed by atoms with Crippen molar-refractivity contribution in [2.75, 3.05) is 18.0 Å². The monoisotopic (exact) mass is 240 g/mol. The highest BCUT2D eigenvalue weighted by molar-refractivity contribution is 9.09. The molecule has 0 N–H and O–H groups in total. The highest BCUT2D eigenvalue weighted by Gasteiger charge is 2.19. The molecule has 2 rings (SSSR count). The summed E-state index contributed by atoms with van der Waals surface area (Å²) >= 11 is 3.64. The van der Waals surface area contributed by atoms with Gasteiger partial charge in [-0.1, -0.05) is 15.9 Å². The summed E-state index contributed by atoms with van der Waals surface area (Å²) in [4.78, 5) is 7.24. The number of pyridine rings is 1. The van der Waals surface area contributed by atoms with Crippen molar-refractivity contribution >= 4 is 21.6 Å². The zero-order chi connectivity index (χ0) is 9.26. The topological polar surface area (TPSA) is 16.1 Å². The summed E-state index contributed by atoms with van der Waals surface area (Å²) in [6.45, 7) is 4.30. The summed E-state index contributed by atoms with van der Waals surface area (Å²) in [6.07, 6.45) is 3.12. The second-order valence-corrected chi connectivity index (χ2v) is 4.78. The molecule has 1 aromatic rings. The zero-order valence-electron chi connectivity index (χ0n) is 7.70. The van der Waals surface area contributed by atoms with Crippen molar-refractivity contribution < 1.29 is 0 Å². The molecule has 0 spiro atoms. The fourth-order valence-corrected chi connectivity index (χ4v) is 2.23. The Morgan fingerprint density at radius 1 is 1.62 bits per heavy atom. The maximum atomic E-state index is 4.19. The Morgan fingerprint density at radius 3 is 3.08 bits per heavy atom. The highest BCUT2D eigenvalue weighted by Crippen LogP contribution is 2.23. The third-order valence-corrected chi connectivity index (χ3v) is 3.12. The normalized spacial score (nSPS) is 22.3. The van der Waals surface area contributed by atoms with Gasteiger partial charge < -0.3 is 4.90 Å². The standard InChI is InChI=1S/C10H13BrN2/c1-8-6-10(2-4-12-8)13-5-3-9(11)7-13/h2,4,6,9H,3,5,7H2,1H3. The molecule has 1 atom stereocenters. The second kappa shape index (κ2) is 3.66. The van der Waals surface area contributed by atoms with E-state index in [4.69, 9.17) is 0 Å². The number of aryl methyl sites for hydroxylation is 1. The van der Waals surface area contributed by atoms with Gasteiger partial charge in [0.1, 0.15) is 0 Å². The molecule has 0 aromatic carbocycles. The third kappa shape index (κ3) is 2.02. The summed E-state index contributed by atoms with van der Waals surface area (Å²) in [6, 6.07) is 4.23. The molecule has 3 heteroatoms. The second-order valence-electron chi connectivity index (χ2n) is 3.49. The van der Waals surface area contributed by atoms with Crippen LogP contribution in [0.25, 0.3) is 0 Å². The largest absolute Gasteiger partial charge is 0.370 e. The molecular formula is C10H13BrN2. The summed E-state index contributed by atoms with van der Waals surface area (Å²) in [7, 11) is 0. The van der Waals surface area contributed by atoms with Crippen LogP contribution in [0.2, 0.25) is 0 Å². The van der Waals surface area contributed by atoms with E-state index in [9.17, 15) is 0 Å². The molecule has 0 aliphatic carbocycles. The first-order valence-electron chi connectivity index (χ1n) is 4.57. The lowest BCUT2D eigenvalue weighted by Crippen LogP contribution is -2.19. The molecule has 70 valence electrons. The number of nitrogens with zero attached hydrogens (tertiary/aromatic N) is 2. The molecule has 0 bridgehead atoms. The minimum atomic E-state index is 0.654. The predicted octanol–water partition coefficient (Wildman–Crippen LogP) is 2.36. The van der Waals surface area contributed by atoms with Crippen LogP contribution in [0.1, 0.15) is 12.1 Å². The molecule has 1 fully saturated rings. The molecule has 2 heterocycles. The molecule has 13 heavy (non-hydrogen) atoms. The fraction of sp³-hybridized carbons (Fsp3) is 0.500. The van der Waals surface area contributed by atoms with Gasteiger partial charge >= 0.3 is 0 Å². The van der Waals surface area contributed by atoms with E-state index in [1.807, 2.05) is 13.1 Å². The van der Waals surface area contributed by atoms with Crippen molar-refractivity contribution in [2.24, 2.45) is 0 Å². The first kappa shape index (κ1) is 9.00. The maximum Gasteiger partial charge on any atom is 0.0400 e. The average Bonchev–Trinajstić information content (AvgIpc) is 2.52. The van der Waals surface area contributed by atoms with E-state index in [-0.39, 0.29) is 0 Å². The predicted molar refractivity (Wildman–Crippen MR) is 58.5 cm³/mol. The number of rotatable bonds is 1. The number of alkyl halides is 1. The first-order chi connectivity index (χ1) is 6.25. The van der Waals surface area contributed by atoms with Gasteiger partial charge in [0.2, 0.25) is 0 Å². The fourth-order valence-electron chi connectivity index (χ4n) is 1.68. The highest BCUT2D eigenvalue weighted by atomic mass is 79.9. The smallest absolute Gasteiger partial charge is 0.0400 e. The third-order valence-electron chi connectivity index (χ3n) is 2.38. The van der Waals surface area contributed by atoms with Gasteiger partial charge in [0, 0.05) is 35.5 Å². The lowest BCUT2D eigenvalue weighted by molar-refractivity contribution is 0.961. The van der Waals surface area contributed by atoms with Crippen molar-refractivity contribution in [2.45, 2.75) is 18.2 Å². The van der Waals surface area contributed by atoms with Crippen molar-refractivity contribution in [3.8, 4) is 0 Å². The lowest BCUT2D eigenvalue weighted by Gasteiger charge is -2.17. The molecular weight excluding hydrogens is 228 g/mol. The number of halogens is 1. The van der Waals surface area contributed by atoms with Crippen molar-refractivity contribution in [3.05, 3.63) is 24.0 Å². The maximum absolute atomic E-state index is 4.19. The minimum Gasteiger partial charge on any atom is -0.370 e. The van der Waals surface area contributed by atoms with Crippen LogP contribution in [0.4, 0.5) is 5.69 Å². The van der Waals surface area contributed by atoms with E-state index < -0.39 is 0 Å². The number of anilines is 1. The quantitative estimate of drug-likeness (QED) is 0.701. The van der Waals surface area contributed by atoms with Gasteiger partial charge in [0.25, 0.3) is 0 Å². The molecule has 0 radical (unpaired) electrons. The Morgan fingerprint density at radius 2 is 2.46 bits per heavy atom. The Bertz CT molecular complexity index is 301.